The van der Waals surface area contributed by atoms with Gasteiger partial charge in [0, 0.05) is 19.2 Å². The van der Waals surface area contributed by atoms with E-state index in [-0.39, 0.29) is 24.2 Å². The van der Waals surface area contributed by atoms with Crippen molar-refractivity contribution in [2.24, 2.45) is 5.92 Å². The first-order chi connectivity index (χ1) is 8.22. The van der Waals surface area contributed by atoms with Crippen molar-refractivity contribution in [3.8, 4) is 0 Å². The number of carbonyl (C=O) groups is 2. The lowest BCUT2D eigenvalue weighted by atomic mass is 10.1. The van der Waals surface area contributed by atoms with Gasteiger partial charge in [0.05, 0.1) is 24.4 Å². The quantitative estimate of drug-likeness (QED) is 0.783. The Morgan fingerprint density at radius 2 is 2.53 bits per heavy atom. The summed E-state index contributed by atoms with van der Waals surface area (Å²) in [4.78, 5) is 24.9. The average molecular weight is 237 g/mol. The van der Waals surface area contributed by atoms with E-state index in [2.05, 4.69) is 10.2 Å². The smallest absolute Gasteiger partial charge is 0.311 e. The maximum Gasteiger partial charge on any atom is 0.311 e. The molecule has 0 saturated carbocycles. The number of carbonyl (C=O) groups excluding carboxylic acids is 2. The number of nitrogens with one attached hydrogen (secondary N) is 1. The van der Waals surface area contributed by atoms with Gasteiger partial charge in [0.1, 0.15) is 0 Å². The van der Waals surface area contributed by atoms with E-state index in [1.54, 1.807) is 17.3 Å². The van der Waals surface area contributed by atoms with Gasteiger partial charge >= 0.3 is 5.97 Å². The molecule has 2 heterocycles. The molecule has 17 heavy (non-hydrogen) atoms. The molecule has 6 heteroatoms. The maximum absolute atomic E-state index is 11.7. The maximum atomic E-state index is 11.7. The van der Waals surface area contributed by atoms with Crippen LogP contribution in [0.5, 0.6) is 0 Å². The molecule has 1 aromatic rings. The highest BCUT2D eigenvalue weighted by Gasteiger charge is 2.36. The standard InChI is InChI=1S/C11H15N3O3/c1-2-3-17-11(16)8-4-10(15)14(7-8)9-5-12-13-6-9/h5-6,8H,2-4,7H2,1H3,(H,12,13). The Bertz CT molecular complexity index is 402. The lowest BCUT2D eigenvalue weighted by molar-refractivity contribution is -0.148. The number of aromatic nitrogens is 2. The number of esters is 1. The molecule has 1 saturated heterocycles. The van der Waals surface area contributed by atoms with Crippen LogP contribution >= 0.6 is 0 Å². The van der Waals surface area contributed by atoms with E-state index in [0.29, 0.717) is 18.8 Å². The van der Waals surface area contributed by atoms with Crippen LogP contribution in [0.4, 0.5) is 5.69 Å². The predicted molar refractivity (Wildman–Crippen MR) is 60.3 cm³/mol. The molecule has 0 radical (unpaired) electrons. The van der Waals surface area contributed by atoms with Gasteiger partial charge in [-0.05, 0) is 6.42 Å². The molecule has 92 valence electrons. The largest absolute Gasteiger partial charge is 0.465 e. The Morgan fingerprint density at radius 3 is 3.18 bits per heavy atom. The van der Waals surface area contributed by atoms with Crippen molar-refractivity contribution in [2.75, 3.05) is 18.1 Å². The summed E-state index contributed by atoms with van der Waals surface area (Å²) in [6.07, 6.45) is 4.21. The summed E-state index contributed by atoms with van der Waals surface area (Å²) in [5.74, 6) is -0.708. The number of ether oxygens (including phenoxy) is 1. The van der Waals surface area contributed by atoms with Crippen molar-refractivity contribution in [1.29, 1.82) is 0 Å². The molecule has 0 aliphatic carbocycles. The third-order valence-corrected chi connectivity index (χ3v) is 2.70. The topological polar surface area (TPSA) is 75.3 Å². The van der Waals surface area contributed by atoms with Crippen LogP contribution in [0.25, 0.3) is 0 Å². The van der Waals surface area contributed by atoms with E-state index in [0.717, 1.165) is 6.42 Å². The van der Waals surface area contributed by atoms with Gasteiger partial charge in [-0.3, -0.25) is 14.7 Å². The monoisotopic (exact) mass is 237 g/mol. The Morgan fingerprint density at radius 1 is 1.71 bits per heavy atom. The molecule has 1 unspecified atom stereocenters. The highest BCUT2D eigenvalue weighted by atomic mass is 16.5. The minimum atomic E-state index is -0.357. The summed E-state index contributed by atoms with van der Waals surface area (Å²) in [6.45, 7) is 2.72. The van der Waals surface area contributed by atoms with Gasteiger partial charge < -0.3 is 9.64 Å². The third-order valence-electron chi connectivity index (χ3n) is 2.70. The van der Waals surface area contributed by atoms with Crippen LogP contribution in [0.1, 0.15) is 19.8 Å². The number of amides is 1. The molecule has 1 N–H and O–H groups in total. The van der Waals surface area contributed by atoms with Gasteiger partial charge in [-0.2, -0.15) is 5.10 Å². The van der Waals surface area contributed by atoms with Crippen molar-refractivity contribution in [3.63, 3.8) is 0 Å². The fourth-order valence-corrected chi connectivity index (χ4v) is 1.83. The normalized spacial score (nSPS) is 19.7. The van der Waals surface area contributed by atoms with Crippen LogP contribution in [0.15, 0.2) is 12.4 Å². The Labute approximate surface area is 98.9 Å². The second kappa shape index (κ2) is 4.99. The number of nitrogens with zero attached hydrogens (tertiary/aromatic N) is 2. The molecule has 0 bridgehead atoms. The van der Waals surface area contributed by atoms with Gasteiger partial charge in [-0.25, -0.2) is 0 Å². The van der Waals surface area contributed by atoms with Gasteiger partial charge in [0.15, 0.2) is 0 Å². The van der Waals surface area contributed by atoms with E-state index >= 15 is 0 Å². The second-order valence-electron chi connectivity index (χ2n) is 4.03. The van der Waals surface area contributed by atoms with Gasteiger partial charge in [0.25, 0.3) is 0 Å². The Hall–Kier alpha value is -1.85. The minimum Gasteiger partial charge on any atom is -0.465 e. The van der Waals surface area contributed by atoms with E-state index in [1.807, 2.05) is 6.92 Å². The van der Waals surface area contributed by atoms with Crippen LogP contribution in [-0.4, -0.2) is 35.2 Å². The van der Waals surface area contributed by atoms with E-state index in [9.17, 15) is 9.59 Å². The molecule has 1 amide bonds. The number of rotatable bonds is 4. The lowest BCUT2D eigenvalue weighted by Gasteiger charge is -2.13. The SMILES string of the molecule is CCCOC(=O)C1CC(=O)N(c2cn[nH]c2)C1. The second-order valence-corrected chi connectivity index (χ2v) is 4.03. The summed E-state index contributed by atoms with van der Waals surface area (Å²) in [6, 6.07) is 0. The summed E-state index contributed by atoms with van der Waals surface area (Å²) in [5.41, 5.74) is 0.695. The van der Waals surface area contributed by atoms with Crippen LogP contribution in [-0.2, 0) is 14.3 Å². The van der Waals surface area contributed by atoms with E-state index < -0.39 is 0 Å². The number of hydrogen-bond donors (Lipinski definition) is 1. The summed E-state index contributed by atoms with van der Waals surface area (Å²) >= 11 is 0. The molecule has 1 aromatic heterocycles. The van der Waals surface area contributed by atoms with E-state index in [4.69, 9.17) is 4.74 Å². The molecule has 1 fully saturated rings. The fourth-order valence-electron chi connectivity index (χ4n) is 1.83. The zero-order valence-electron chi connectivity index (χ0n) is 9.68. The third kappa shape index (κ3) is 2.46. The highest BCUT2D eigenvalue weighted by Crippen LogP contribution is 2.24. The molecule has 1 aliphatic heterocycles. The van der Waals surface area contributed by atoms with Gasteiger partial charge in [0.2, 0.25) is 5.91 Å². The molecular formula is C11H15N3O3. The molecule has 0 aromatic carbocycles. The summed E-state index contributed by atoms with van der Waals surface area (Å²) in [5, 5.41) is 6.43. The van der Waals surface area contributed by atoms with Crippen LogP contribution in [0.2, 0.25) is 0 Å². The number of hydrogen-bond acceptors (Lipinski definition) is 4. The molecule has 6 nitrogen and oxygen atoms in total. The van der Waals surface area contributed by atoms with Crippen LogP contribution < -0.4 is 4.90 Å². The Balaban J connectivity index is 1.97. The van der Waals surface area contributed by atoms with Crippen LogP contribution in [0.3, 0.4) is 0 Å². The summed E-state index contributed by atoms with van der Waals surface area (Å²) < 4.78 is 5.05. The Kier molecular flexibility index (Phi) is 3.41. The van der Waals surface area contributed by atoms with E-state index in [1.165, 1.54) is 0 Å². The number of H-pyrrole nitrogens is 1. The first-order valence-electron chi connectivity index (χ1n) is 5.68. The molecular weight excluding hydrogens is 222 g/mol. The van der Waals surface area contributed by atoms with Gasteiger partial charge in [-0.1, -0.05) is 6.92 Å². The van der Waals surface area contributed by atoms with Crippen molar-refractivity contribution in [2.45, 2.75) is 19.8 Å². The first kappa shape index (κ1) is 11.6. The first-order valence-corrected chi connectivity index (χ1v) is 5.68. The van der Waals surface area contributed by atoms with Crippen LogP contribution in [0, 0.1) is 5.92 Å². The molecule has 0 spiro atoms. The average Bonchev–Trinajstić information content (AvgIpc) is 2.94. The lowest BCUT2D eigenvalue weighted by Crippen LogP contribution is -2.26. The van der Waals surface area contributed by atoms with Crippen molar-refractivity contribution in [3.05, 3.63) is 12.4 Å². The minimum absolute atomic E-state index is 0.0650. The van der Waals surface area contributed by atoms with Crippen molar-refractivity contribution >= 4 is 17.6 Å². The zero-order chi connectivity index (χ0) is 12.3. The zero-order valence-corrected chi connectivity index (χ0v) is 9.68. The molecule has 1 aliphatic rings. The fraction of sp³-hybridized carbons (Fsp3) is 0.545. The molecule has 1 atom stereocenters. The van der Waals surface area contributed by atoms with Crippen molar-refractivity contribution < 1.29 is 14.3 Å². The van der Waals surface area contributed by atoms with Crippen molar-refractivity contribution in [1.82, 2.24) is 10.2 Å². The predicted octanol–water partition coefficient (Wildman–Crippen LogP) is 0.716. The number of aromatic amines is 1. The summed E-state index contributed by atoms with van der Waals surface area (Å²) in [7, 11) is 0. The molecule has 2 rings (SSSR count). The number of anilines is 1. The van der Waals surface area contributed by atoms with Gasteiger partial charge in [-0.15, -0.1) is 0 Å². The highest BCUT2D eigenvalue weighted by molar-refractivity contribution is 5.99.